The molecule has 5 nitrogen and oxygen atoms in total. The number of nitrogens with zero attached hydrogens (tertiary/aromatic N) is 1. The summed E-state index contributed by atoms with van der Waals surface area (Å²) in [5.41, 5.74) is 0.543. The van der Waals surface area contributed by atoms with Crippen molar-refractivity contribution in [2.24, 2.45) is 0 Å². The number of benzene rings is 1. The van der Waals surface area contributed by atoms with E-state index in [9.17, 15) is 16.8 Å². The van der Waals surface area contributed by atoms with Gasteiger partial charge in [0.2, 0.25) is 10.0 Å². The van der Waals surface area contributed by atoms with Gasteiger partial charge in [0.15, 0.2) is 9.84 Å². The van der Waals surface area contributed by atoms with E-state index < -0.39 is 25.1 Å². The summed E-state index contributed by atoms with van der Waals surface area (Å²) >= 11 is 0. The SMILES string of the molecule is CN(c1ccccc1)S(=O)(=O)[C@@H]1CCS(=O)(=O)C1. The van der Waals surface area contributed by atoms with Crippen LogP contribution in [0.4, 0.5) is 5.69 Å². The minimum atomic E-state index is -3.61. The molecule has 1 heterocycles. The molecule has 0 saturated carbocycles. The van der Waals surface area contributed by atoms with E-state index in [1.54, 1.807) is 30.3 Å². The van der Waals surface area contributed by atoms with Crippen molar-refractivity contribution in [3.05, 3.63) is 30.3 Å². The molecule has 1 aliphatic rings. The summed E-state index contributed by atoms with van der Waals surface area (Å²) in [5, 5.41) is -0.826. The molecule has 0 bridgehead atoms. The molecule has 0 radical (unpaired) electrons. The summed E-state index contributed by atoms with van der Waals surface area (Å²) in [6.45, 7) is 0. The largest absolute Gasteiger partial charge is 0.273 e. The fourth-order valence-corrected chi connectivity index (χ4v) is 6.29. The molecule has 1 atom stereocenters. The zero-order valence-corrected chi connectivity index (χ0v) is 11.6. The first-order valence-electron chi connectivity index (χ1n) is 5.56. The first-order chi connectivity index (χ1) is 8.33. The molecular formula is C11H15NO4S2. The lowest BCUT2D eigenvalue weighted by atomic mass is 10.3. The van der Waals surface area contributed by atoms with Crippen LogP contribution in [0.2, 0.25) is 0 Å². The van der Waals surface area contributed by atoms with Crippen LogP contribution in [-0.2, 0) is 19.9 Å². The molecule has 0 N–H and O–H groups in total. The lowest BCUT2D eigenvalue weighted by Gasteiger charge is -2.22. The fraction of sp³-hybridized carbons (Fsp3) is 0.455. The Morgan fingerprint density at radius 1 is 1.22 bits per heavy atom. The van der Waals surface area contributed by atoms with Gasteiger partial charge in [0, 0.05) is 7.05 Å². The summed E-state index contributed by atoms with van der Waals surface area (Å²) in [6, 6.07) is 8.64. The molecule has 1 aromatic rings. The minimum Gasteiger partial charge on any atom is -0.273 e. The van der Waals surface area contributed by atoms with E-state index in [4.69, 9.17) is 0 Å². The molecule has 0 amide bonds. The Bertz CT molecular complexity index is 622. The van der Waals surface area contributed by atoms with Gasteiger partial charge in [0.25, 0.3) is 0 Å². The smallest absolute Gasteiger partial charge is 0.238 e. The standard InChI is InChI=1S/C11H15NO4S2/c1-12(10-5-3-2-4-6-10)18(15,16)11-7-8-17(13,14)9-11/h2-6,11H,7-9H2,1H3/t11-/m1/s1. The maximum atomic E-state index is 12.3. The Kier molecular flexibility index (Phi) is 3.37. The second-order valence-corrected chi connectivity index (χ2v) is 8.85. The highest BCUT2D eigenvalue weighted by Crippen LogP contribution is 2.25. The molecule has 0 spiro atoms. The zero-order valence-electron chi connectivity index (χ0n) is 9.98. The highest BCUT2D eigenvalue weighted by Gasteiger charge is 2.39. The van der Waals surface area contributed by atoms with Gasteiger partial charge in [0.05, 0.1) is 22.4 Å². The molecule has 1 fully saturated rings. The number of rotatable bonds is 3. The van der Waals surface area contributed by atoms with Gasteiger partial charge in [-0.1, -0.05) is 18.2 Å². The predicted octanol–water partition coefficient (Wildman–Crippen LogP) is 0.640. The van der Waals surface area contributed by atoms with Gasteiger partial charge in [-0.2, -0.15) is 0 Å². The van der Waals surface area contributed by atoms with Crippen LogP contribution in [0.3, 0.4) is 0 Å². The van der Waals surface area contributed by atoms with Crippen LogP contribution >= 0.6 is 0 Å². The Morgan fingerprint density at radius 3 is 2.33 bits per heavy atom. The number of anilines is 1. The number of hydrogen-bond donors (Lipinski definition) is 0. The lowest BCUT2D eigenvalue weighted by molar-refractivity contribution is 0.580. The monoisotopic (exact) mass is 289 g/mol. The summed E-state index contributed by atoms with van der Waals surface area (Å²) in [6.07, 6.45) is 0.182. The summed E-state index contributed by atoms with van der Waals surface area (Å²) in [5.74, 6) is -0.313. The van der Waals surface area contributed by atoms with Crippen molar-refractivity contribution >= 4 is 25.5 Å². The minimum absolute atomic E-state index is 0.0421. The van der Waals surface area contributed by atoms with Crippen LogP contribution in [0.1, 0.15) is 6.42 Å². The summed E-state index contributed by atoms with van der Waals surface area (Å²) in [4.78, 5) is 0. The zero-order chi connectivity index (χ0) is 13.4. The third kappa shape index (κ3) is 2.51. The fourth-order valence-electron chi connectivity index (χ4n) is 2.00. The number of para-hydroxylation sites is 1. The van der Waals surface area contributed by atoms with E-state index in [0.717, 1.165) is 0 Å². The van der Waals surface area contributed by atoms with Crippen molar-refractivity contribution in [1.29, 1.82) is 0 Å². The second kappa shape index (κ2) is 4.55. The topological polar surface area (TPSA) is 71.5 Å². The molecule has 1 aliphatic heterocycles. The van der Waals surface area contributed by atoms with Gasteiger partial charge < -0.3 is 0 Å². The molecule has 1 aromatic carbocycles. The van der Waals surface area contributed by atoms with E-state index in [1.807, 2.05) is 0 Å². The van der Waals surface area contributed by atoms with Crippen LogP contribution in [0.25, 0.3) is 0 Å². The van der Waals surface area contributed by atoms with Gasteiger partial charge in [0.1, 0.15) is 0 Å². The summed E-state index contributed by atoms with van der Waals surface area (Å²) in [7, 11) is -5.35. The highest BCUT2D eigenvalue weighted by molar-refractivity contribution is 7.97. The van der Waals surface area contributed by atoms with Crippen LogP contribution in [0.15, 0.2) is 30.3 Å². The van der Waals surface area contributed by atoms with Gasteiger partial charge in [-0.25, -0.2) is 16.8 Å². The summed E-state index contributed by atoms with van der Waals surface area (Å²) < 4.78 is 48.5. The second-order valence-electron chi connectivity index (χ2n) is 4.37. The molecule has 18 heavy (non-hydrogen) atoms. The molecule has 7 heteroatoms. The van der Waals surface area contributed by atoms with Gasteiger partial charge >= 0.3 is 0 Å². The third-order valence-corrected chi connectivity index (χ3v) is 7.31. The van der Waals surface area contributed by atoms with E-state index >= 15 is 0 Å². The Labute approximate surface area is 107 Å². The molecule has 100 valence electrons. The van der Waals surface area contributed by atoms with Crippen molar-refractivity contribution in [2.45, 2.75) is 11.7 Å². The van der Waals surface area contributed by atoms with Crippen LogP contribution < -0.4 is 4.31 Å². The van der Waals surface area contributed by atoms with E-state index in [-0.39, 0.29) is 17.9 Å². The Balaban J connectivity index is 2.28. The van der Waals surface area contributed by atoms with Crippen LogP contribution in [-0.4, -0.2) is 40.6 Å². The van der Waals surface area contributed by atoms with Gasteiger partial charge in [-0.3, -0.25) is 4.31 Å². The molecule has 2 rings (SSSR count). The molecule has 0 aromatic heterocycles. The number of sulfone groups is 1. The quantitative estimate of drug-likeness (QED) is 0.818. The lowest BCUT2D eigenvalue weighted by Crippen LogP contribution is -2.36. The van der Waals surface area contributed by atoms with Crippen molar-refractivity contribution in [1.82, 2.24) is 0 Å². The number of hydrogen-bond acceptors (Lipinski definition) is 4. The van der Waals surface area contributed by atoms with E-state index in [1.165, 1.54) is 11.4 Å². The van der Waals surface area contributed by atoms with Crippen LogP contribution in [0, 0.1) is 0 Å². The van der Waals surface area contributed by atoms with Crippen molar-refractivity contribution in [3.63, 3.8) is 0 Å². The Morgan fingerprint density at radius 2 is 1.83 bits per heavy atom. The van der Waals surface area contributed by atoms with Crippen molar-refractivity contribution in [3.8, 4) is 0 Å². The molecule has 0 aliphatic carbocycles. The van der Waals surface area contributed by atoms with Gasteiger partial charge in [-0.05, 0) is 18.6 Å². The van der Waals surface area contributed by atoms with Crippen molar-refractivity contribution < 1.29 is 16.8 Å². The first-order valence-corrected chi connectivity index (χ1v) is 8.88. The van der Waals surface area contributed by atoms with Crippen molar-refractivity contribution in [2.75, 3.05) is 22.9 Å². The first kappa shape index (κ1) is 13.4. The van der Waals surface area contributed by atoms with Crippen LogP contribution in [0.5, 0.6) is 0 Å². The highest BCUT2D eigenvalue weighted by atomic mass is 32.2. The number of sulfonamides is 1. The average Bonchev–Trinajstić information content (AvgIpc) is 2.70. The van der Waals surface area contributed by atoms with Gasteiger partial charge in [-0.15, -0.1) is 0 Å². The molecule has 0 unspecified atom stereocenters. The van der Waals surface area contributed by atoms with E-state index in [2.05, 4.69) is 0 Å². The maximum absolute atomic E-state index is 12.3. The van der Waals surface area contributed by atoms with E-state index in [0.29, 0.717) is 5.69 Å². The molecule has 1 saturated heterocycles. The average molecular weight is 289 g/mol. The predicted molar refractivity (Wildman–Crippen MR) is 70.8 cm³/mol. The molecular weight excluding hydrogens is 274 g/mol. The third-order valence-electron chi connectivity index (χ3n) is 3.11. The Hall–Kier alpha value is -1.08. The normalized spacial score (nSPS) is 22.8. The maximum Gasteiger partial charge on any atom is 0.238 e.